The number of ether oxygens (including phenoxy) is 2. The van der Waals surface area contributed by atoms with Crippen LogP contribution in [0.5, 0.6) is 11.5 Å². The minimum atomic E-state index is -2.29. The number of rotatable bonds is 53. The Kier molecular flexibility index (Phi) is 54.7. The van der Waals surface area contributed by atoms with Crippen molar-refractivity contribution in [1.29, 1.82) is 0 Å². The second-order valence-corrected chi connectivity index (χ2v) is 38.2. The van der Waals surface area contributed by atoms with Crippen molar-refractivity contribution in [3.63, 3.8) is 0 Å². The number of halogens is 2. The van der Waals surface area contributed by atoms with Gasteiger partial charge in [-0.05, 0) is 77.1 Å². The van der Waals surface area contributed by atoms with Gasteiger partial charge in [-0.1, -0.05) is 48.5 Å². The van der Waals surface area contributed by atoms with Gasteiger partial charge in [0.25, 0.3) is 0 Å². The van der Waals surface area contributed by atoms with Gasteiger partial charge in [0.05, 0.1) is 13.2 Å². The largest absolute Gasteiger partial charge is 0.493 e. The third-order valence-electron chi connectivity index (χ3n) is 29.3. The average molecular weight is 1590 g/mol. The minimum absolute atomic E-state index is 0.00647. The van der Waals surface area contributed by atoms with Crippen molar-refractivity contribution in [2.45, 2.75) is 31.5 Å². The molecule has 0 aliphatic carbocycles. The monoisotopic (exact) mass is 1610 g/mol. The Hall–Kier alpha value is 2.27. The van der Waals surface area contributed by atoms with Gasteiger partial charge in [0.1, 0.15) is 18.2 Å². The van der Waals surface area contributed by atoms with E-state index in [4.69, 9.17) is 396 Å². The zero-order valence-corrected chi connectivity index (χ0v) is 78.7. The lowest BCUT2D eigenvalue weighted by Crippen LogP contribution is -3.01. The number of aromatic amines is 1. The van der Waals surface area contributed by atoms with Crippen LogP contribution in [0.4, 0.5) is 8.78 Å². The van der Waals surface area contributed by atoms with Gasteiger partial charge in [-0.3, -0.25) is 4.90 Å². The van der Waals surface area contributed by atoms with Crippen molar-refractivity contribution < 1.29 is 18.3 Å². The number of aromatic nitrogens is 1. The normalized spacial score (nSPS) is 12.2. The summed E-state index contributed by atoms with van der Waals surface area (Å²) in [7, 11) is 358. The first-order valence-corrected chi connectivity index (χ1v) is 45.9. The van der Waals surface area contributed by atoms with Crippen LogP contribution in [0, 0.1) is 11.6 Å². The molecule has 2 unspecified atom stereocenters. The molecule has 138 heavy (non-hydrogen) atoms. The number of fused-ring (bicyclic) bond motifs is 6. The summed E-state index contributed by atoms with van der Waals surface area (Å²) in [5.41, 5.74) is 7.19. The van der Waals surface area contributed by atoms with Gasteiger partial charge in [0.15, 0.2) is 11.5 Å². The number of methoxy groups -OCH3 is 1. The lowest BCUT2D eigenvalue weighted by atomic mass is 8.18. The van der Waals surface area contributed by atoms with Crippen molar-refractivity contribution in [3.8, 4) is 11.5 Å². The Morgan fingerprint density at radius 1 is 0.326 bits per heavy atom. The van der Waals surface area contributed by atoms with Crippen LogP contribution in [0.25, 0.3) is 10.9 Å². The van der Waals surface area contributed by atoms with E-state index >= 15 is 4.39 Å². The van der Waals surface area contributed by atoms with E-state index in [-0.39, 0.29) is 23.7 Å². The lowest BCUT2D eigenvalue weighted by Gasteiger charge is -2.63. The molecule has 493 valence electrons. The summed E-state index contributed by atoms with van der Waals surface area (Å²) in [5.74, 6) is 0.902. The highest BCUT2D eigenvalue weighted by Gasteiger charge is 2.69. The van der Waals surface area contributed by atoms with Crippen LogP contribution in [0.3, 0.4) is 0 Å². The van der Waals surface area contributed by atoms with Gasteiger partial charge < -0.3 is 14.5 Å². The van der Waals surface area contributed by atoms with Crippen LogP contribution in [0.2, 0.25) is 0 Å². The van der Waals surface area contributed by atoms with Crippen molar-refractivity contribution in [2.75, 3.05) is 13.7 Å². The summed E-state index contributed by atoms with van der Waals surface area (Å²) < 4.78 is 41.1. The quantitative estimate of drug-likeness (QED) is 0.0394. The van der Waals surface area contributed by atoms with Crippen LogP contribution in [0.1, 0.15) is 45.6 Å². The Balaban J connectivity index is 0.000000606. The first kappa shape index (κ1) is 129. The molecule has 0 bridgehead atoms. The number of hydrogen-bond acceptors (Lipinski definition) is 3. The van der Waals surface area contributed by atoms with E-state index in [9.17, 15) is 4.39 Å². The number of H-pyrrole nitrogens is 1. The molecule has 2 atom stereocenters. The zero-order chi connectivity index (χ0) is 105. The molecule has 5 aromatic rings. The molecular formula is C33H28B99F2N2O2. The van der Waals surface area contributed by atoms with Crippen LogP contribution in [-0.4, -0.2) is 724 Å². The number of nitrogens with zero attached hydrogens (tertiary/aromatic N) is 1. The standard InChI is InChI=1S/C33H28F2N2O2.B99/c1-38-29-18-24-22(16-30(29)39-19-20-6-3-2-4-7-20)14-15-37-28(24)17-25-31-26(35)8-5-9-27(31)36-32(25)33(37)21-10-12-23(34)13-11-21;1-51-76(50)89(77(52(2)3)53(4)5)95(88(74(46)47)75(48)49)98(94(86(70(38)39)71(40)41)87(72(42)43)73(44)45)99(96(90(78(54(6)7)55(8)9)79(56(10)11)57(12)13)91(80(58(14)15)59(16)17)81(60(18)19)61(20)21)97(92(82(62(22)23)63(24)25)83(64(26)27)65(28)29)93(84(66(30)31)67(32)33)85(68(34)35)69(36)37/h2-13,16,18,28,33,36H,14-15,17,19H2,1H3;. The van der Waals surface area contributed by atoms with Gasteiger partial charge in [0, 0.05) is 730 Å². The Morgan fingerprint density at radius 2 is 0.601 bits per heavy atom. The van der Waals surface area contributed by atoms with Crippen LogP contribution in [-0.2, 0) is 19.4 Å². The molecule has 4 nitrogen and oxygen atoms in total. The fraction of sp³-hybridized carbons (Fsp3) is 0.212. The Morgan fingerprint density at radius 3 is 0.877 bits per heavy atom. The van der Waals surface area contributed by atoms with Crippen LogP contribution < -0.4 is 9.47 Å². The molecule has 0 saturated carbocycles. The van der Waals surface area contributed by atoms with Gasteiger partial charge in [-0.2, -0.15) is 0 Å². The lowest BCUT2D eigenvalue weighted by molar-refractivity contribution is 0.127. The van der Waals surface area contributed by atoms with Crippen molar-refractivity contribution in [1.82, 2.24) is 9.88 Å². The molecule has 1 aromatic heterocycles. The topological polar surface area (TPSA) is 37.5 Å². The molecule has 2 aliphatic heterocycles. The van der Waals surface area contributed by atoms with Gasteiger partial charge in [-0.15, -0.1) is 0 Å². The van der Waals surface area contributed by atoms with E-state index in [1.807, 2.05) is 48.5 Å². The Bertz CT molecular complexity index is 3980. The molecule has 1 N–H and O–H groups in total. The molecule has 0 fully saturated rings. The van der Waals surface area contributed by atoms with Crippen molar-refractivity contribution >= 4 is 711 Å². The zero-order valence-electron chi connectivity index (χ0n) is 78.7. The van der Waals surface area contributed by atoms with Crippen molar-refractivity contribution in [2.24, 2.45) is 0 Å². The summed E-state index contributed by atoms with van der Waals surface area (Å²) in [5, 5.41) is 0.640. The molecule has 0 spiro atoms. The highest BCUT2D eigenvalue weighted by Crippen LogP contribution is 2.50. The van der Waals surface area contributed by atoms with E-state index in [1.165, 1.54) is 23.8 Å². The molecule has 101 radical (unpaired) electrons. The first-order chi connectivity index (χ1) is 64.2. The van der Waals surface area contributed by atoms with Crippen molar-refractivity contribution in [3.05, 3.63) is 130 Å². The van der Waals surface area contributed by atoms with Gasteiger partial charge in [0.2, 0.25) is 0 Å². The maximum absolute atomic E-state index is 15.2. The molecule has 0 amide bonds. The second-order valence-electron chi connectivity index (χ2n) is 38.2. The summed E-state index contributed by atoms with van der Waals surface area (Å²) in [6.45, 7) is 1.26. The smallest absolute Gasteiger partial charge is 0.161 e. The van der Waals surface area contributed by atoms with E-state index in [1.54, 1.807) is 13.2 Å². The summed E-state index contributed by atoms with van der Waals surface area (Å²) in [6, 6.07) is 26.0. The highest BCUT2D eigenvalue weighted by molar-refractivity contribution is 8.44. The van der Waals surface area contributed by atoms with E-state index in [0.717, 1.165) is 59.2 Å². The summed E-state index contributed by atoms with van der Waals surface area (Å²) in [4.78, 5) is 5.97. The highest BCUT2D eigenvalue weighted by atomic mass is 19.1. The van der Waals surface area contributed by atoms with E-state index in [0.29, 0.717) is 24.2 Å². The van der Waals surface area contributed by atoms with E-state index < -0.39 is 306 Å². The van der Waals surface area contributed by atoms with Crippen LogP contribution in [0.15, 0.2) is 84.9 Å². The predicted octanol–water partition coefficient (Wildman–Crippen LogP) is -30.4. The fourth-order valence-corrected chi connectivity index (χ4v) is 24.2. The number of benzene rings is 4. The third kappa shape index (κ3) is 31.4. The number of hydrogen-bond donors (Lipinski definition) is 1. The van der Waals surface area contributed by atoms with E-state index in [2.05, 4.69) is 22.0 Å². The van der Waals surface area contributed by atoms with Gasteiger partial charge >= 0.3 is 0 Å². The molecule has 4 aromatic carbocycles. The molecule has 105 heteroatoms. The fourth-order valence-electron chi connectivity index (χ4n) is 24.2. The SMILES string of the molecule is COc1cc2c(cc1OCc1ccccc1)CCN1C2Cc2c([nH]c3cccc(F)c23)C1c1ccc(F)cc1.[B][B]B([B])B(B(B([B])[B])B([B])[B])B(B(B([B])[B])B([B])[B])B(B(B(B([B])[B])B([B])[B])B(B([B])[B])B([B])[B])B(B(B(B(B([B])[B])B([B])[B])B(B([B])[B])B([B])[B])B(B(B([B])[B])B([B])[B])B(B([B])[B])B([B])[B])B(B(B(B([B])[B])B([B])[B])B(B([B])[B])B([B])[B])B(B(B([B])[B])B([B])[B])B(B([B])[B])B([B])[B]. The Labute approximate surface area is 917 Å². The predicted molar refractivity (Wildman–Crippen MR) is 717 cm³/mol. The molecular weight excluding hydrogens is 1560 g/mol. The molecule has 2 aliphatic rings. The molecule has 7 rings (SSSR count). The maximum Gasteiger partial charge on any atom is 0.161 e. The first-order valence-electron chi connectivity index (χ1n) is 45.9. The van der Waals surface area contributed by atoms with Crippen LogP contribution >= 0.6 is 0 Å². The molecule has 0 saturated heterocycles. The molecule has 3 heterocycles. The minimum Gasteiger partial charge on any atom is -0.493 e. The average Bonchev–Trinajstić information content (AvgIpc) is 0.946. The maximum atomic E-state index is 15.2. The third-order valence-corrected chi connectivity index (χ3v) is 29.3. The number of nitrogens with one attached hydrogen (secondary N) is 1. The van der Waals surface area contributed by atoms with Gasteiger partial charge in [-0.25, -0.2) is 8.78 Å². The summed E-state index contributed by atoms with van der Waals surface area (Å²) >= 11 is 0. The summed E-state index contributed by atoms with van der Waals surface area (Å²) in [6.07, 6.45) is -88.7. The second kappa shape index (κ2) is 58.5.